The number of nitrogens with one attached hydrogen (secondary N) is 1. The third kappa shape index (κ3) is 2.94. The van der Waals surface area contributed by atoms with Crippen LogP contribution in [0.5, 0.6) is 0 Å². The summed E-state index contributed by atoms with van der Waals surface area (Å²) in [4.78, 5) is 24.4. The standard InChI is InChI=1S/C20H22N6O/c1-14-12-25-7-4-15(10-19(25)22-14)17-11-20(27)26-13-16(2-3-18(26)23-17)24-8-5-21-6-9-24/h2-3,10-13,21H,4-9H2,1H3. The molecule has 2 aliphatic heterocycles. The SMILES string of the molecule is Cc1cn2c(n1)C=C(c1cc(=O)n3cc(N4CCNCC4)ccc3n1)CC2. The molecule has 1 saturated heterocycles. The molecule has 0 unspecified atom stereocenters. The molecule has 1 N–H and O–H groups in total. The van der Waals surface area contributed by atoms with Crippen molar-refractivity contribution in [3.8, 4) is 0 Å². The predicted molar refractivity (Wildman–Crippen MR) is 106 cm³/mol. The molecule has 0 bridgehead atoms. The second-order valence-electron chi connectivity index (χ2n) is 7.19. The molecule has 0 atom stereocenters. The Hall–Kier alpha value is -2.93. The quantitative estimate of drug-likeness (QED) is 0.749. The molecule has 0 spiro atoms. The van der Waals surface area contributed by atoms with Crippen LogP contribution in [-0.2, 0) is 6.54 Å². The summed E-state index contributed by atoms with van der Waals surface area (Å²) in [5, 5.41) is 3.35. The topological polar surface area (TPSA) is 67.5 Å². The van der Waals surface area contributed by atoms with Gasteiger partial charge in [-0.2, -0.15) is 0 Å². The summed E-state index contributed by atoms with van der Waals surface area (Å²) in [5.74, 6) is 0.935. The fourth-order valence-electron chi connectivity index (χ4n) is 3.90. The third-order valence-electron chi connectivity index (χ3n) is 5.31. The van der Waals surface area contributed by atoms with E-state index in [1.807, 2.05) is 25.3 Å². The molecular weight excluding hydrogens is 340 g/mol. The number of hydrogen-bond acceptors (Lipinski definition) is 5. The lowest BCUT2D eigenvalue weighted by Gasteiger charge is -2.29. The first-order valence-corrected chi connectivity index (χ1v) is 9.41. The highest BCUT2D eigenvalue weighted by Crippen LogP contribution is 2.25. The van der Waals surface area contributed by atoms with Crippen molar-refractivity contribution in [3.05, 3.63) is 58.2 Å². The van der Waals surface area contributed by atoms with Gasteiger partial charge in [0.2, 0.25) is 0 Å². The molecule has 5 rings (SSSR count). The van der Waals surface area contributed by atoms with Crippen LogP contribution in [-0.4, -0.2) is 45.1 Å². The van der Waals surface area contributed by atoms with Crippen LogP contribution < -0.4 is 15.8 Å². The minimum atomic E-state index is -0.0435. The monoisotopic (exact) mass is 362 g/mol. The smallest absolute Gasteiger partial charge is 0.258 e. The zero-order chi connectivity index (χ0) is 18.4. The zero-order valence-electron chi connectivity index (χ0n) is 15.4. The van der Waals surface area contributed by atoms with Crippen molar-refractivity contribution >= 4 is 23.0 Å². The number of pyridine rings is 1. The van der Waals surface area contributed by atoms with Crippen LogP contribution in [0.2, 0.25) is 0 Å². The van der Waals surface area contributed by atoms with Gasteiger partial charge in [0.1, 0.15) is 11.5 Å². The Morgan fingerprint density at radius 2 is 1.93 bits per heavy atom. The molecule has 1 fully saturated rings. The van der Waals surface area contributed by atoms with Gasteiger partial charge in [0.15, 0.2) is 0 Å². The van der Waals surface area contributed by atoms with E-state index in [1.54, 1.807) is 10.5 Å². The number of imidazole rings is 1. The molecule has 2 aliphatic rings. The van der Waals surface area contributed by atoms with E-state index < -0.39 is 0 Å². The molecule has 27 heavy (non-hydrogen) atoms. The number of hydrogen-bond donors (Lipinski definition) is 1. The Labute approximate surface area is 157 Å². The van der Waals surface area contributed by atoms with E-state index in [4.69, 9.17) is 4.98 Å². The third-order valence-corrected chi connectivity index (χ3v) is 5.31. The molecule has 0 amide bonds. The average Bonchev–Trinajstić information content (AvgIpc) is 3.07. The first kappa shape index (κ1) is 16.3. The first-order valence-electron chi connectivity index (χ1n) is 9.41. The summed E-state index contributed by atoms with van der Waals surface area (Å²) in [7, 11) is 0. The highest BCUT2D eigenvalue weighted by atomic mass is 16.1. The molecule has 7 heteroatoms. The van der Waals surface area contributed by atoms with Gasteiger partial charge in [-0.3, -0.25) is 9.20 Å². The summed E-state index contributed by atoms with van der Waals surface area (Å²) in [6, 6.07) is 5.64. The maximum Gasteiger partial charge on any atom is 0.258 e. The van der Waals surface area contributed by atoms with Gasteiger partial charge in [0.25, 0.3) is 5.56 Å². The molecule has 5 heterocycles. The van der Waals surface area contributed by atoms with Crippen LogP contribution in [0.4, 0.5) is 5.69 Å². The number of rotatable bonds is 2. The second kappa shape index (κ2) is 6.35. The molecule has 7 nitrogen and oxygen atoms in total. The largest absolute Gasteiger partial charge is 0.368 e. The van der Waals surface area contributed by atoms with Crippen LogP contribution in [0.15, 0.2) is 35.4 Å². The van der Waals surface area contributed by atoms with Crippen LogP contribution in [0.3, 0.4) is 0 Å². The molecular formula is C20H22N6O. The van der Waals surface area contributed by atoms with E-state index >= 15 is 0 Å². The lowest BCUT2D eigenvalue weighted by atomic mass is 10.1. The molecule has 0 saturated carbocycles. The number of piperazine rings is 1. The second-order valence-corrected chi connectivity index (χ2v) is 7.19. The highest BCUT2D eigenvalue weighted by Gasteiger charge is 2.16. The van der Waals surface area contributed by atoms with Gasteiger partial charge in [-0.15, -0.1) is 0 Å². The van der Waals surface area contributed by atoms with Gasteiger partial charge in [-0.05, 0) is 37.1 Å². The van der Waals surface area contributed by atoms with Crippen molar-refractivity contribution in [2.75, 3.05) is 31.1 Å². The van der Waals surface area contributed by atoms with Gasteiger partial charge in [-0.25, -0.2) is 9.97 Å². The van der Waals surface area contributed by atoms with Gasteiger partial charge >= 0.3 is 0 Å². The number of nitrogens with zero attached hydrogens (tertiary/aromatic N) is 5. The summed E-state index contributed by atoms with van der Waals surface area (Å²) in [6.45, 7) is 6.69. The van der Waals surface area contributed by atoms with E-state index in [0.29, 0.717) is 5.65 Å². The van der Waals surface area contributed by atoms with Crippen molar-refractivity contribution < 1.29 is 0 Å². The Morgan fingerprint density at radius 3 is 2.78 bits per heavy atom. The lowest BCUT2D eigenvalue weighted by Crippen LogP contribution is -2.43. The van der Waals surface area contributed by atoms with Crippen molar-refractivity contribution in [2.45, 2.75) is 19.9 Å². The Balaban J connectivity index is 1.54. The molecule has 3 aromatic rings. The van der Waals surface area contributed by atoms with Gasteiger partial charge < -0.3 is 14.8 Å². The maximum atomic E-state index is 12.8. The molecule has 138 valence electrons. The highest BCUT2D eigenvalue weighted by molar-refractivity contribution is 5.79. The van der Waals surface area contributed by atoms with Crippen molar-refractivity contribution in [2.24, 2.45) is 0 Å². The van der Waals surface area contributed by atoms with Crippen molar-refractivity contribution in [1.82, 2.24) is 24.3 Å². The van der Waals surface area contributed by atoms with Crippen LogP contribution in [0.1, 0.15) is 23.6 Å². The van der Waals surface area contributed by atoms with E-state index in [1.165, 1.54) is 0 Å². The molecule has 0 aliphatic carbocycles. The number of aryl methyl sites for hydroxylation is 2. The van der Waals surface area contributed by atoms with Crippen molar-refractivity contribution in [3.63, 3.8) is 0 Å². The summed E-state index contributed by atoms with van der Waals surface area (Å²) in [5.41, 5.74) is 4.53. The number of allylic oxidation sites excluding steroid dienone is 1. The summed E-state index contributed by atoms with van der Waals surface area (Å²) < 4.78 is 3.79. The molecule has 0 radical (unpaired) electrons. The summed E-state index contributed by atoms with van der Waals surface area (Å²) >= 11 is 0. The van der Waals surface area contributed by atoms with Crippen LogP contribution in [0.25, 0.3) is 17.3 Å². The van der Waals surface area contributed by atoms with Gasteiger partial charge in [0.05, 0.1) is 17.1 Å². The Bertz CT molecular complexity index is 1100. The maximum absolute atomic E-state index is 12.8. The van der Waals surface area contributed by atoms with E-state index in [-0.39, 0.29) is 5.56 Å². The average molecular weight is 362 g/mol. The zero-order valence-corrected chi connectivity index (χ0v) is 15.4. The minimum Gasteiger partial charge on any atom is -0.368 e. The Morgan fingerprint density at radius 1 is 1.07 bits per heavy atom. The number of aromatic nitrogens is 4. The van der Waals surface area contributed by atoms with E-state index in [0.717, 1.165) is 67.6 Å². The molecule has 0 aromatic carbocycles. The van der Waals surface area contributed by atoms with E-state index in [9.17, 15) is 4.79 Å². The fourth-order valence-corrected chi connectivity index (χ4v) is 3.90. The Kier molecular flexibility index (Phi) is 3.82. The van der Waals surface area contributed by atoms with Gasteiger partial charge in [-0.1, -0.05) is 0 Å². The summed E-state index contributed by atoms with van der Waals surface area (Å²) in [6.07, 6.45) is 6.86. The fraction of sp³-hybridized carbons (Fsp3) is 0.350. The van der Waals surface area contributed by atoms with Crippen LogP contribution in [0, 0.1) is 6.92 Å². The predicted octanol–water partition coefficient (Wildman–Crippen LogP) is 1.55. The van der Waals surface area contributed by atoms with E-state index in [2.05, 4.69) is 32.0 Å². The first-order chi connectivity index (χ1) is 13.2. The number of fused-ring (bicyclic) bond motifs is 2. The van der Waals surface area contributed by atoms with Gasteiger partial charge in [0, 0.05) is 51.2 Å². The van der Waals surface area contributed by atoms with Crippen LogP contribution >= 0.6 is 0 Å². The number of anilines is 1. The molecule has 3 aromatic heterocycles. The van der Waals surface area contributed by atoms with Crippen molar-refractivity contribution in [1.29, 1.82) is 0 Å². The normalized spacial score (nSPS) is 17.1. The lowest BCUT2D eigenvalue weighted by molar-refractivity contribution is 0.588. The minimum absolute atomic E-state index is 0.0435.